The van der Waals surface area contributed by atoms with Gasteiger partial charge in [0.05, 0.1) is 5.92 Å². The maximum Gasteiger partial charge on any atom is 0.311 e. The largest absolute Gasteiger partial charge is 0.461 e. The molecule has 5 rings (SSSR count). The fourth-order valence-corrected chi connectivity index (χ4v) is 4.98. The number of carbonyl (C=O) groups is 1. The summed E-state index contributed by atoms with van der Waals surface area (Å²) < 4.78 is 11.7. The second-order valence-electron chi connectivity index (χ2n) is 8.61. The summed E-state index contributed by atoms with van der Waals surface area (Å²) in [6.45, 7) is 4.54. The highest BCUT2D eigenvalue weighted by atomic mass is 16.5. The van der Waals surface area contributed by atoms with Crippen LogP contribution in [0.2, 0.25) is 0 Å². The standard InChI is InChI=1S/C27H24O3/c1-26(2)24(27(26)16-15-20-10-6-7-14-23(20)27)25(28)29-18-19-9-8-13-22(17-19)30-21-11-4-3-5-12-21/h3-17,24H,18H2,1-2H3. The van der Waals surface area contributed by atoms with Gasteiger partial charge in [0.2, 0.25) is 0 Å². The molecule has 150 valence electrons. The molecule has 2 atom stereocenters. The molecule has 30 heavy (non-hydrogen) atoms. The van der Waals surface area contributed by atoms with Crippen LogP contribution in [0.15, 0.2) is 84.9 Å². The molecule has 1 spiro atoms. The summed E-state index contributed by atoms with van der Waals surface area (Å²) in [5.74, 6) is 1.19. The van der Waals surface area contributed by atoms with Gasteiger partial charge in [-0.1, -0.05) is 80.6 Å². The normalized spacial score (nSPS) is 22.5. The average Bonchev–Trinajstić information content (AvgIpc) is 3.04. The molecule has 3 aromatic rings. The molecule has 2 unspecified atom stereocenters. The van der Waals surface area contributed by atoms with Gasteiger partial charge < -0.3 is 9.47 Å². The van der Waals surface area contributed by atoms with Gasteiger partial charge in [0.15, 0.2) is 0 Å². The van der Waals surface area contributed by atoms with Gasteiger partial charge in [-0.3, -0.25) is 4.79 Å². The predicted octanol–water partition coefficient (Wildman–Crippen LogP) is 6.14. The minimum absolute atomic E-state index is 0.143. The zero-order valence-corrected chi connectivity index (χ0v) is 17.2. The Balaban J connectivity index is 1.29. The van der Waals surface area contributed by atoms with Crippen LogP contribution in [0.4, 0.5) is 0 Å². The molecule has 0 radical (unpaired) electrons. The van der Waals surface area contributed by atoms with E-state index in [1.807, 2.05) is 66.7 Å². The molecule has 3 aromatic carbocycles. The lowest BCUT2D eigenvalue weighted by atomic mass is 9.90. The number of benzene rings is 3. The Hall–Kier alpha value is -3.33. The van der Waals surface area contributed by atoms with E-state index in [0.717, 1.165) is 17.1 Å². The van der Waals surface area contributed by atoms with Crippen molar-refractivity contribution in [1.82, 2.24) is 0 Å². The quantitative estimate of drug-likeness (QED) is 0.486. The molecule has 1 fully saturated rings. The van der Waals surface area contributed by atoms with Crippen molar-refractivity contribution in [2.75, 3.05) is 0 Å². The van der Waals surface area contributed by atoms with Gasteiger partial charge in [0.25, 0.3) is 0 Å². The number of hydrogen-bond donors (Lipinski definition) is 0. The number of para-hydroxylation sites is 1. The summed E-state index contributed by atoms with van der Waals surface area (Å²) in [6.07, 6.45) is 4.33. The summed E-state index contributed by atoms with van der Waals surface area (Å²) in [5.41, 5.74) is 2.93. The van der Waals surface area contributed by atoms with Gasteiger partial charge in [-0.15, -0.1) is 0 Å². The van der Waals surface area contributed by atoms with Crippen LogP contribution in [-0.4, -0.2) is 5.97 Å². The number of fused-ring (bicyclic) bond motifs is 2. The second kappa shape index (κ2) is 6.88. The van der Waals surface area contributed by atoms with Crippen molar-refractivity contribution in [3.8, 4) is 11.5 Å². The molecule has 1 saturated carbocycles. The Labute approximate surface area is 177 Å². The topological polar surface area (TPSA) is 35.5 Å². The molecule has 0 heterocycles. The first-order valence-corrected chi connectivity index (χ1v) is 10.3. The highest BCUT2D eigenvalue weighted by molar-refractivity contribution is 5.86. The third kappa shape index (κ3) is 2.85. The molecule has 0 aliphatic heterocycles. The number of carbonyl (C=O) groups excluding carboxylic acids is 1. The van der Waals surface area contributed by atoms with Gasteiger partial charge in [-0.2, -0.15) is 0 Å². The molecule has 0 N–H and O–H groups in total. The van der Waals surface area contributed by atoms with Crippen LogP contribution in [0.5, 0.6) is 11.5 Å². The first kappa shape index (κ1) is 18.7. The summed E-state index contributed by atoms with van der Waals surface area (Å²) in [7, 11) is 0. The van der Waals surface area contributed by atoms with E-state index in [1.54, 1.807) is 0 Å². The first-order chi connectivity index (χ1) is 14.5. The van der Waals surface area contributed by atoms with Crippen molar-refractivity contribution < 1.29 is 14.3 Å². The van der Waals surface area contributed by atoms with Crippen molar-refractivity contribution in [2.45, 2.75) is 25.9 Å². The van der Waals surface area contributed by atoms with E-state index < -0.39 is 0 Å². The van der Waals surface area contributed by atoms with Gasteiger partial charge in [-0.25, -0.2) is 0 Å². The van der Waals surface area contributed by atoms with Gasteiger partial charge >= 0.3 is 5.97 Å². The van der Waals surface area contributed by atoms with Gasteiger partial charge in [0.1, 0.15) is 18.1 Å². The van der Waals surface area contributed by atoms with Gasteiger partial charge in [-0.05, 0) is 46.4 Å². The third-order valence-electron chi connectivity index (χ3n) is 6.59. The highest BCUT2D eigenvalue weighted by Gasteiger charge is 2.75. The molecular formula is C27H24O3. The fourth-order valence-electron chi connectivity index (χ4n) is 4.98. The molecule has 0 amide bonds. The molecule has 3 heteroatoms. The van der Waals surface area contributed by atoms with Crippen molar-refractivity contribution >= 4 is 12.0 Å². The Kier molecular flexibility index (Phi) is 4.28. The van der Waals surface area contributed by atoms with Crippen LogP contribution < -0.4 is 4.74 Å². The lowest BCUT2D eigenvalue weighted by Gasteiger charge is -2.13. The molecular weight excluding hydrogens is 372 g/mol. The van der Waals surface area contributed by atoms with E-state index in [-0.39, 0.29) is 29.3 Å². The van der Waals surface area contributed by atoms with Crippen molar-refractivity contribution in [3.63, 3.8) is 0 Å². The smallest absolute Gasteiger partial charge is 0.311 e. The van der Waals surface area contributed by atoms with E-state index in [4.69, 9.17) is 9.47 Å². The van der Waals surface area contributed by atoms with E-state index in [0.29, 0.717) is 0 Å². The number of esters is 1. The Morgan fingerprint density at radius 2 is 1.63 bits per heavy atom. The Morgan fingerprint density at radius 3 is 2.47 bits per heavy atom. The molecule has 0 aromatic heterocycles. The predicted molar refractivity (Wildman–Crippen MR) is 117 cm³/mol. The average molecular weight is 396 g/mol. The van der Waals surface area contributed by atoms with Crippen LogP contribution in [0, 0.1) is 11.3 Å². The fraction of sp³-hybridized carbons (Fsp3) is 0.222. The zero-order chi connectivity index (χ0) is 20.8. The van der Waals surface area contributed by atoms with E-state index in [2.05, 4.69) is 38.1 Å². The minimum atomic E-state index is -0.251. The Morgan fingerprint density at radius 1 is 0.900 bits per heavy atom. The van der Waals surface area contributed by atoms with E-state index in [1.165, 1.54) is 11.1 Å². The van der Waals surface area contributed by atoms with Crippen LogP contribution in [-0.2, 0) is 21.6 Å². The third-order valence-corrected chi connectivity index (χ3v) is 6.59. The number of allylic oxidation sites excluding steroid dienone is 1. The monoisotopic (exact) mass is 396 g/mol. The van der Waals surface area contributed by atoms with E-state index in [9.17, 15) is 4.79 Å². The highest BCUT2D eigenvalue weighted by Crippen LogP contribution is 2.72. The van der Waals surface area contributed by atoms with Crippen LogP contribution in [0.1, 0.15) is 30.5 Å². The summed E-state index contributed by atoms with van der Waals surface area (Å²) in [5, 5.41) is 0. The number of ether oxygens (including phenoxy) is 2. The first-order valence-electron chi connectivity index (χ1n) is 10.3. The van der Waals surface area contributed by atoms with Crippen molar-refractivity contribution in [1.29, 1.82) is 0 Å². The lowest BCUT2D eigenvalue weighted by Crippen LogP contribution is -2.14. The van der Waals surface area contributed by atoms with Crippen LogP contribution in [0.3, 0.4) is 0 Å². The molecule has 2 aliphatic carbocycles. The van der Waals surface area contributed by atoms with Crippen molar-refractivity contribution in [3.05, 3.63) is 102 Å². The van der Waals surface area contributed by atoms with Crippen molar-refractivity contribution in [2.24, 2.45) is 11.3 Å². The lowest BCUT2D eigenvalue weighted by molar-refractivity contribution is -0.147. The second-order valence-corrected chi connectivity index (χ2v) is 8.61. The summed E-state index contributed by atoms with van der Waals surface area (Å²) in [6, 6.07) is 25.6. The maximum absolute atomic E-state index is 13.1. The molecule has 3 nitrogen and oxygen atoms in total. The SMILES string of the molecule is CC1(C)C(C(=O)OCc2cccc(Oc3ccccc3)c2)C12C=Cc1ccccc12. The number of rotatable bonds is 5. The van der Waals surface area contributed by atoms with Gasteiger partial charge in [0, 0.05) is 5.41 Å². The summed E-state index contributed by atoms with van der Waals surface area (Å²) in [4.78, 5) is 13.1. The molecule has 2 aliphatic rings. The van der Waals surface area contributed by atoms with Crippen LogP contribution >= 0.6 is 0 Å². The Bertz CT molecular complexity index is 1130. The minimum Gasteiger partial charge on any atom is -0.461 e. The zero-order valence-electron chi connectivity index (χ0n) is 17.2. The molecule has 0 saturated heterocycles. The van der Waals surface area contributed by atoms with Crippen LogP contribution in [0.25, 0.3) is 6.08 Å². The summed E-state index contributed by atoms with van der Waals surface area (Å²) >= 11 is 0. The molecule has 0 bridgehead atoms. The maximum atomic E-state index is 13.1. The number of hydrogen-bond acceptors (Lipinski definition) is 3. The van der Waals surface area contributed by atoms with E-state index >= 15 is 0 Å².